The molecular weight excluding hydrogens is 929 g/mol. The highest BCUT2D eigenvalue weighted by atomic mass is 35.5. The summed E-state index contributed by atoms with van der Waals surface area (Å²) in [5.74, 6) is -0.631. The number of sulfonamides is 1. The van der Waals surface area contributed by atoms with Gasteiger partial charge in [0, 0.05) is 98.4 Å². The van der Waals surface area contributed by atoms with Crippen LogP contribution < -0.4 is 14.9 Å². The summed E-state index contributed by atoms with van der Waals surface area (Å²) in [6.07, 6.45) is 3.63. The third-order valence-corrected chi connectivity index (χ3v) is 17.0. The van der Waals surface area contributed by atoms with Gasteiger partial charge in [-0.2, -0.15) is 13.2 Å². The number of allylic oxidation sites excluding steroid dienone is 1. The van der Waals surface area contributed by atoms with E-state index in [1.165, 1.54) is 40.6 Å². The van der Waals surface area contributed by atoms with Crippen LogP contribution in [0.3, 0.4) is 0 Å². The van der Waals surface area contributed by atoms with Crippen molar-refractivity contribution in [3.05, 3.63) is 119 Å². The summed E-state index contributed by atoms with van der Waals surface area (Å²) in [5.41, 5.74) is -0.979. The Labute approximate surface area is 396 Å². The van der Waals surface area contributed by atoms with Gasteiger partial charge < -0.3 is 20.0 Å². The second kappa shape index (κ2) is 21.0. The predicted molar refractivity (Wildman–Crippen MR) is 259 cm³/mol. The van der Waals surface area contributed by atoms with E-state index in [0.29, 0.717) is 29.8 Å². The van der Waals surface area contributed by atoms with E-state index in [9.17, 15) is 34.8 Å². The van der Waals surface area contributed by atoms with Crippen molar-refractivity contribution in [1.29, 1.82) is 0 Å². The normalized spacial score (nSPS) is 18.6. The summed E-state index contributed by atoms with van der Waals surface area (Å²) < 4.78 is 98.0. The minimum atomic E-state index is -6.05. The number of sulfone groups is 1. The number of benzene rings is 4. The van der Waals surface area contributed by atoms with Crippen molar-refractivity contribution in [1.82, 2.24) is 19.4 Å². The molecular formula is C48H58ClF3N6O5S3. The zero-order valence-corrected chi connectivity index (χ0v) is 40.7. The van der Waals surface area contributed by atoms with Crippen LogP contribution in [0.1, 0.15) is 55.5 Å². The van der Waals surface area contributed by atoms with Crippen molar-refractivity contribution in [2.45, 2.75) is 65.8 Å². The molecule has 0 spiro atoms. The van der Waals surface area contributed by atoms with Crippen molar-refractivity contribution < 1.29 is 34.8 Å². The third kappa shape index (κ3) is 12.7. The number of likely N-dealkylation sites (N-methyl/N-ethyl adjacent to an activating group) is 1. The average Bonchev–Trinajstić information content (AvgIpc) is 3.28. The molecule has 11 nitrogen and oxygen atoms in total. The standard InChI is InChI=1S/C48H58ClF3N6O5S3/c1-47(2)21-19-43(35-9-13-38(49)14-10-35)37(32-47)33-57-27-29-58(30-28-57)40-15-11-36(12-16-40)46(59)54-66(62,63)42-17-18-44(45(31-42)65(60,61)48(50,51)52)53-39(34-64-41-7-5-4-6-8-41)20-22-56-25-23-55(3)24-26-56/h4-18,31,39,53H,19-30,32-34H2,1-3H3,(H,54,59). The topological polar surface area (TPSA) is 122 Å². The monoisotopic (exact) mass is 986 g/mol. The summed E-state index contributed by atoms with van der Waals surface area (Å²) in [5, 5.41) is 3.74. The van der Waals surface area contributed by atoms with Crippen LogP contribution in [0.4, 0.5) is 24.5 Å². The summed E-state index contributed by atoms with van der Waals surface area (Å²) in [6, 6.07) is 25.9. The number of nitrogens with one attached hydrogen (secondary N) is 2. The highest BCUT2D eigenvalue weighted by Gasteiger charge is 2.48. The van der Waals surface area contributed by atoms with Gasteiger partial charge in [0.25, 0.3) is 25.8 Å². The van der Waals surface area contributed by atoms with Gasteiger partial charge in [0.1, 0.15) is 4.90 Å². The van der Waals surface area contributed by atoms with E-state index in [-0.39, 0.29) is 16.7 Å². The number of anilines is 2. The maximum absolute atomic E-state index is 14.2. The maximum atomic E-state index is 14.2. The Morgan fingerprint density at radius 3 is 2.14 bits per heavy atom. The quantitative estimate of drug-likeness (QED) is 0.105. The van der Waals surface area contributed by atoms with Gasteiger partial charge in [0.05, 0.1) is 10.6 Å². The van der Waals surface area contributed by atoms with Crippen LogP contribution in [0.25, 0.3) is 5.57 Å². The second-order valence-electron chi connectivity index (χ2n) is 18.2. The van der Waals surface area contributed by atoms with Gasteiger partial charge in [0.2, 0.25) is 0 Å². The molecule has 1 unspecified atom stereocenters. The number of carbonyl (C=O) groups is 1. The van der Waals surface area contributed by atoms with Gasteiger partial charge in [0.15, 0.2) is 0 Å². The molecule has 0 saturated carbocycles. The van der Waals surface area contributed by atoms with Gasteiger partial charge in [-0.3, -0.25) is 9.69 Å². The molecule has 1 atom stereocenters. The molecule has 1 amide bonds. The molecule has 2 fully saturated rings. The first kappa shape index (κ1) is 49.8. The Hall–Kier alpha value is -4.10. The highest BCUT2D eigenvalue weighted by molar-refractivity contribution is 7.99. The van der Waals surface area contributed by atoms with E-state index in [0.717, 1.165) is 101 Å². The largest absolute Gasteiger partial charge is 0.501 e. The molecule has 3 aliphatic rings. The smallest absolute Gasteiger partial charge is 0.380 e. The molecule has 0 bridgehead atoms. The fourth-order valence-corrected chi connectivity index (χ4v) is 11.9. The SMILES string of the molecule is CN1CCN(CCC(CSc2ccccc2)Nc2ccc(S(=O)(=O)NC(=O)c3ccc(N4CCN(CC5=C(c6ccc(Cl)cc6)CCC(C)(C)C5)CC4)cc3)cc2S(=O)(=O)C(F)(F)F)CC1. The number of halogens is 4. The van der Waals surface area contributed by atoms with Crippen molar-refractivity contribution in [2.24, 2.45) is 5.41 Å². The first-order chi connectivity index (χ1) is 31.3. The maximum Gasteiger partial charge on any atom is 0.501 e. The van der Waals surface area contributed by atoms with Crippen molar-refractivity contribution in [2.75, 3.05) is 88.5 Å². The fraction of sp³-hybridized carbons (Fsp3) is 0.438. The van der Waals surface area contributed by atoms with Crippen molar-refractivity contribution in [3.63, 3.8) is 0 Å². The third-order valence-electron chi connectivity index (χ3n) is 12.7. The van der Waals surface area contributed by atoms with Gasteiger partial charge in [-0.25, -0.2) is 21.6 Å². The summed E-state index contributed by atoms with van der Waals surface area (Å²) in [6.45, 7) is 12.6. The van der Waals surface area contributed by atoms with E-state index >= 15 is 0 Å². The summed E-state index contributed by atoms with van der Waals surface area (Å²) >= 11 is 7.66. The lowest BCUT2D eigenvalue weighted by Crippen LogP contribution is -2.47. The van der Waals surface area contributed by atoms with Crippen LogP contribution in [0.15, 0.2) is 117 Å². The van der Waals surface area contributed by atoms with Crippen LogP contribution in [-0.2, 0) is 19.9 Å². The predicted octanol–water partition coefficient (Wildman–Crippen LogP) is 8.75. The first-order valence-electron chi connectivity index (χ1n) is 22.2. The lowest BCUT2D eigenvalue weighted by Gasteiger charge is -2.39. The number of piperazine rings is 2. The van der Waals surface area contributed by atoms with Crippen LogP contribution in [-0.4, -0.2) is 127 Å². The second-order valence-corrected chi connectivity index (χ2v) is 23.3. The molecule has 66 heavy (non-hydrogen) atoms. The molecule has 2 saturated heterocycles. The lowest BCUT2D eigenvalue weighted by atomic mass is 9.73. The Morgan fingerprint density at radius 2 is 1.48 bits per heavy atom. The number of carbonyl (C=O) groups excluding carboxylic acids is 1. The van der Waals surface area contributed by atoms with Gasteiger partial charge >= 0.3 is 5.51 Å². The van der Waals surface area contributed by atoms with Crippen LogP contribution in [0.2, 0.25) is 5.02 Å². The number of hydrogen-bond acceptors (Lipinski definition) is 11. The number of hydrogen-bond donors (Lipinski definition) is 2. The number of rotatable bonds is 16. The van der Waals surface area contributed by atoms with Crippen molar-refractivity contribution in [3.8, 4) is 0 Å². The van der Waals surface area contributed by atoms with Crippen LogP contribution >= 0.6 is 23.4 Å². The van der Waals surface area contributed by atoms with Crippen molar-refractivity contribution >= 4 is 66.1 Å². The minimum absolute atomic E-state index is 0.00284. The molecule has 18 heteroatoms. The molecule has 2 heterocycles. The summed E-state index contributed by atoms with van der Waals surface area (Å²) in [7, 11) is -8.85. The minimum Gasteiger partial charge on any atom is -0.380 e. The molecule has 356 valence electrons. The molecule has 2 aliphatic heterocycles. The zero-order valence-electron chi connectivity index (χ0n) is 37.5. The van der Waals surface area contributed by atoms with E-state index < -0.39 is 47.1 Å². The molecule has 1 aliphatic carbocycles. The highest BCUT2D eigenvalue weighted by Crippen LogP contribution is 2.43. The average molecular weight is 988 g/mol. The molecule has 2 N–H and O–H groups in total. The molecule has 4 aromatic rings. The molecule has 7 rings (SSSR count). The number of alkyl halides is 3. The van der Waals surface area contributed by atoms with Gasteiger partial charge in [-0.1, -0.05) is 61.4 Å². The van der Waals surface area contributed by atoms with E-state index in [1.54, 1.807) is 12.1 Å². The van der Waals surface area contributed by atoms with Gasteiger partial charge in [-0.05, 0) is 116 Å². The Bertz CT molecular complexity index is 2570. The van der Waals surface area contributed by atoms with Crippen LogP contribution in [0.5, 0.6) is 0 Å². The van der Waals surface area contributed by atoms with E-state index in [2.05, 4.69) is 50.9 Å². The van der Waals surface area contributed by atoms with E-state index in [1.807, 2.05) is 54.2 Å². The molecule has 0 aromatic heterocycles. The van der Waals surface area contributed by atoms with E-state index in [4.69, 9.17) is 11.6 Å². The zero-order chi connectivity index (χ0) is 47.3. The van der Waals surface area contributed by atoms with Crippen LogP contribution in [0, 0.1) is 5.41 Å². The first-order valence-corrected chi connectivity index (χ1v) is 26.5. The number of thioether (sulfide) groups is 1. The Morgan fingerprint density at radius 1 is 0.833 bits per heavy atom. The fourth-order valence-electron chi connectivity index (χ4n) is 8.74. The molecule has 4 aromatic carbocycles. The summed E-state index contributed by atoms with van der Waals surface area (Å²) in [4.78, 5) is 21.4. The Kier molecular flexibility index (Phi) is 15.9. The number of nitrogens with zero attached hydrogens (tertiary/aromatic N) is 4. The lowest BCUT2D eigenvalue weighted by molar-refractivity contribution is -0.0435. The number of amides is 1. The Balaban J connectivity index is 1.02. The molecule has 0 radical (unpaired) electrons. The van der Waals surface area contributed by atoms with Gasteiger partial charge in [-0.15, -0.1) is 11.8 Å².